The standard InChI is InChI=1S/C10H16O2.H2O/c1-8(2)10(11)12-9-6-4-3-5-7-9;/h9H,1,3-7H2,2H3;1H2. The van der Waals surface area contributed by atoms with Crippen molar-refractivity contribution in [3.05, 3.63) is 12.2 Å². The largest absolute Gasteiger partial charge is 0.459 e. The van der Waals surface area contributed by atoms with Gasteiger partial charge in [-0.05, 0) is 32.6 Å². The topological polar surface area (TPSA) is 57.8 Å². The third-order valence-electron chi connectivity index (χ3n) is 2.17. The van der Waals surface area contributed by atoms with Gasteiger partial charge in [0.1, 0.15) is 6.10 Å². The lowest BCUT2D eigenvalue weighted by atomic mass is 9.98. The van der Waals surface area contributed by atoms with Crippen LogP contribution in [0.25, 0.3) is 0 Å². The van der Waals surface area contributed by atoms with E-state index in [-0.39, 0.29) is 17.5 Å². The van der Waals surface area contributed by atoms with Crippen LogP contribution < -0.4 is 0 Å². The number of hydrogen-bond acceptors (Lipinski definition) is 2. The molecule has 0 unspecified atom stereocenters. The number of rotatable bonds is 2. The van der Waals surface area contributed by atoms with Crippen LogP contribution in [-0.2, 0) is 9.53 Å². The second-order valence-corrected chi connectivity index (χ2v) is 3.45. The predicted octanol–water partition coefficient (Wildman–Crippen LogP) is 1.61. The second kappa shape index (κ2) is 5.75. The number of hydrogen-bond donors (Lipinski definition) is 0. The molecule has 1 rings (SSSR count). The lowest BCUT2D eigenvalue weighted by molar-refractivity contribution is -0.145. The summed E-state index contributed by atoms with van der Waals surface area (Å²) in [5.74, 6) is -0.234. The van der Waals surface area contributed by atoms with Gasteiger partial charge in [0.2, 0.25) is 0 Å². The van der Waals surface area contributed by atoms with Crippen LogP contribution >= 0.6 is 0 Å². The average molecular weight is 186 g/mol. The lowest BCUT2D eigenvalue weighted by Crippen LogP contribution is -2.20. The molecule has 0 aromatic carbocycles. The van der Waals surface area contributed by atoms with Crippen LogP contribution in [0.5, 0.6) is 0 Å². The minimum absolute atomic E-state index is 0. The van der Waals surface area contributed by atoms with Crippen LogP contribution in [0.4, 0.5) is 0 Å². The minimum Gasteiger partial charge on any atom is -0.459 e. The molecule has 0 radical (unpaired) electrons. The highest BCUT2D eigenvalue weighted by Gasteiger charge is 2.17. The summed E-state index contributed by atoms with van der Waals surface area (Å²) in [5, 5.41) is 0. The van der Waals surface area contributed by atoms with Crippen molar-refractivity contribution in [3.8, 4) is 0 Å². The van der Waals surface area contributed by atoms with Gasteiger partial charge in [0, 0.05) is 5.57 Å². The maximum absolute atomic E-state index is 11.1. The lowest BCUT2D eigenvalue weighted by Gasteiger charge is -2.21. The second-order valence-electron chi connectivity index (χ2n) is 3.45. The molecule has 0 saturated heterocycles. The van der Waals surface area contributed by atoms with Crippen LogP contribution in [0, 0.1) is 0 Å². The van der Waals surface area contributed by atoms with Gasteiger partial charge in [-0.3, -0.25) is 0 Å². The fraction of sp³-hybridized carbons (Fsp3) is 0.700. The third-order valence-corrected chi connectivity index (χ3v) is 2.17. The first-order valence-electron chi connectivity index (χ1n) is 4.56. The summed E-state index contributed by atoms with van der Waals surface area (Å²) in [6, 6.07) is 0. The Morgan fingerprint density at radius 1 is 1.31 bits per heavy atom. The molecule has 0 atom stereocenters. The molecule has 1 aliphatic carbocycles. The Kier molecular flexibility index (Phi) is 5.39. The van der Waals surface area contributed by atoms with Crippen molar-refractivity contribution in [1.29, 1.82) is 0 Å². The fourth-order valence-corrected chi connectivity index (χ4v) is 1.43. The Morgan fingerprint density at radius 2 is 1.85 bits per heavy atom. The summed E-state index contributed by atoms with van der Waals surface area (Å²) >= 11 is 0. The highest BCUT2D eigenvalue weighted by atomic mass is 16.5. The van der Waals surface area contributed by atoms with Gasteiger partial charge in [-0.25, -0.2) is 4.79 Å². The van der Waals surface area contributed by atoms with Crippen LogP contribution in [0.3, 0.4) is 0 Å². The zero-order valence-electron chi connectivity index (χ0n) is 8.14. The third kappa shape index (κ3) is 4.08. The van der Waals surface area contributed by atoms with Gasteiger partial charge >= 0.3 is 5.97 Å². The normalized spacial score (nSPS) is 17.3. The Balaban J connectivity index is 0.00000144. The van der Waals surface area contributed by atoms with Gasteiger partial charge < -0.3 is 10.2 Å². The van der Waals surface area contributed by atoms with Crippen molar-refractivity contribution in [3.63, 3.8) is 0 Å². The summed E-state index contributed by atoms with van der Waals surface area (Å²) in [4.78, 5) is 11.1. The molecule has 0 aromatic heterocycles. The van der Waals surface area contributed by atoms with Crippen molar-refractivity contribution >= 4 is 5.97 Å². The van der Waals surface area contributed by atoms with Gasteiger partial charge in [0.15, 0.2) is 0 Å². The number of carbonyl (C=O) groups is 1. The van der Waals surface area contributed by atoms with Gasteiger partial charge in [-0.15, -0.1) is 0 Å². The maximum atomic E-state index is 11.1. The molecule has 13 heavy (non-hydrogen) atoms. The molecule has 3 nitrogen and oxygen atoms in total. The first-order chi connectivity index (χ1) is 5.70. The smallest absolute Gasteiger partial charge is 0.333 e. The van der Waals surface area contributed by atoms with Crippen molar-refractivity contribution in [2.75, 3.05) is 0 Å². The van der Waals surface area contributed by atoms with Crippen molar-refractivity contribution in [2.24, 2.45) is 0 Å². The summed E-state index contributed by atoms with van der Waals surface area (Å²) in [5.41, 5.74) is 0.501. The number of ether oxygens (including phenoxy) is 1. The summed E-state index contributed by atoms with van der Waals surface area (Å²) < 4.78 is 5.21. The predicted molar refractivity (Wildman–Crippen MR) is 51.4 cm³/mol. The first kappa shape index (κ1) is 12.2. The maximum Gasteiger partial charge on any atom is 0.333 e. The Morgan fingerprint density at radius 3 is 2.31 bits per heavy atom. The Hall–Kier alpha value is -0.830. The van der Waals surface area contributed by atoms with E-state index in [9.17, 15) is 4.79 Å². The van der Waals surface area contributed by atoms with E-state index in [0.29, 0.717) is 5.57 Å². The van der Waals surface area contributed by atoms with E-state index in [0.717, 1.165) is 12.8 Å². The van der Waals surface area contributed by atoms with E-state index >= 15 is 0 Å². The van der Waals surface area contributed by atoms with Gasteiger partial charge in [0.25, 0.3) is 0 Å². The molecule has 76 valence electrons. The zero-order chi connectivity index (χ0) is 8.97. The van der Waals surface area contributed by atoms with Gasteiger partial charge in [0.05, 0.1) is 0 Å². The molecule has 0 bridgehead atoms. The van der Waals surface area contributed by atoms with Crippen LogP contribution in [0.1, 0.15) is 39.0 Å². The SMILES string of the molecule is C=C(C)C(=O)OC1CCCCC1.O. The molecule has 1 saturated carbocycles. The van der Waals surface area contributed by atoms with Crippen LogP contribution in [-0.4, -0.2) is 17.5 Å². The molecule has 0 spiro atoms. The number of esters is 1. The highest BCUT2D eigenvalue weighted by molar-refractivity contribution is 5.87. The number of carbonyl (C=O) groups excluding carboxylic acids is 1. The van der Waals surface area contributed by atoms with E-state index in [2.05, 4.69) is 6.58 Å². The van der Waals surface area contributed by atoms with Crippen molar-refractivity contribution in [1.82, 2.24) is 0 Å². The van der Waals surface area contributed by atoms with E-state index in [1.54, 1.807) is 6.92 Å². The van der Waals surface area contributed by atoms with Crippen molar-refractivity contribution < 1.29 is 15.0 Å². The molecule has 0 amide bonds. The van der Waals surface area contributed by atoms with Gasteiger partial charge in [-0.2, -0.15) is 0 Å². The summed E-state index contributed by atoms with van der Waals surface area (Å²) in [7, 11) is 0. The van der Waals surface area contributed by atoms with Crippen LogP contribution in [0.2, 0.25) is 0 Å². The summed E-state index contributed by atoms with van der Waals surface area (Å²) in [6.07, 6.45) is 5.87. The molecule has 0 heterocycles. The van der Waals surface area contributed by atoms with E-state index in [1.165, 1.54) is 19.3 Å². The molecule has 2 N–H and O–H groups in total. The molecule has 0 aliphatic heterocycles. The monoisotopic (exact) mass is 186 g/mol. The van der Waals surface area contributed by atoms with E-state index in [1.807, 2.05) is 0 Å². The molecule has 0 aromatic rings. The molecular weight excluding hydrogens is 168 g/mol. The Labute approximate surface area is 79.1 Å². The van der Waals surface area contributed by atoms with Crippen molar-refractivity contribution in [2.45, 2.75) is 45.1 Å². The Bertz CT molecular complexity index is 181. The summed E-state index contributed by atoms with van der Waals surface area (Å²) in [6.45, 7) is 5.23. The molecule has 3 heteroatoms. The quantitative estimate of drug-likeness (QED) is 0.486. The highest BCUT2D eigenvalue weighted by Crippen LogP contribution is 2.20. The molecule has 1 fully saturated rings. The van der Waals surface area contributed by atoms with E-state index < -0.39 is 0 Å². The first-order valence-corrected chi connectivity index (χ1v) is 4.56. The van der Waals surface area contributed by atoms with Crippen LogP contribution in [0.15, 0.2) is 12.2 Å². The molecular formula is C10H18O3. The zero-order valence-corrected chi connectivity index (χ0v) is 8.14. The molecule has 1 aliphatic rings. The van der Waals surface area contributed by atoms with E-state index in [4.69, 9.17) is 4.74 Å². The fourth-order valence-electron chi connectivity index (χ4n) is 1.43. The average Bonchev–Trinajstić information content (AvgIpc) is 2.06. The minimum atomic E-state index is -0.234. The van der Waals surface area contributed by atoms with Gasteiger partial charge in [-0.1, -0.05) is 13.0 Å².